The molecule has 1 aliphatic rings. The zero-order valence-electron chi connectivity index (χ0n) is 10.5. The Bertz CT molecular complexity index is 460. The first-order valence-electron chi connectivity index (χ1n) is 5.64. The van der Waals surface area contributed by atoms with E-state index >= 15 is 0 Å². The number of benzene rings is 1. The molecule has 0 saturated carbocycles. The van der Waals surface area contributed by atoms with Gasteiger partial charge in [0.1, 0.15) is 5.84 Å². The number of hydrogen-bond acceptors (Lipinski definition) is 6. The van der Waals surface area contributed by atoms with Gasteiger partial charge in [-0.3, -0.25) is 4.99 Å². The summed E-state index contributed by atoms with van der Waals surface area (Å²) in [7, 11) is 3.11. The Morgan fingerprint density at radius 1 is 1.39 bits per heavy atom. The molecule has 0 aromatic heterocycles. The van der Waals surface area contributed by atoms with E-state index in [1.165, 1.54) is 0 Å². The van der Waals surface area contributed by atoms with Gasteiger partial charge in [-0.15, -0.1) is 0 Å². The highest BCUT2D eigenvalue weighted by molar-refractivity contribution is 6.05. The van der Waals surface area contributed by atoms with Gasteiger partial charge in [0.25, 0.3) is 0 Å². The Labute approximate surface area is 106 Å². The van der Waals surface area contributed by atoms with E-state index in [1.54, 1.807) is 20.3 Å². The highest BCUT2D eigenvalue weighted by Gasteiger charge is 2.17. The number of anilines is 1. The highest BCUT2D eigenvalue weighted by atomic mass is 16.7. The Kier molecular flexibility index (Phi) is 3.88. The van der Waals surface area contributed by atoms with Crippen LogP contribution in [0.25, 0.3) is 0 Å². The van der Waals surface area contributed by atoms with Crippen molar-refractivity contribution in [2.75, 3.05) is 39.8 Å². The van der Waals surface area contributed by atoms with Gasteiger partial charge in [0, 0.05) is 19.2 Å². The molecular weight excluding hydrogens is 234 g/mol. The molecule has 0 amide bonds. The van der Waals surface area contributed by atoms with Gasteiger partial charge in [-0.2, -0.15) is 0 Å². The topological polar surface area (TPSA) is 78.1 Å². The smallest absolute Gasteiger partial charge is 0.188 e. The quantitative estimate of drug-likeness (QED) is 0.592. The number of aliphatic imine (C=N–C) groups is 1. The van der Waals surface area contributed by atoms with Crippen molar-refractivity contribution < 1.29 is 14.2 Å². The fraction of sp³-hybridized carbons (Fsp3) is 0.417. The minimum absolute atomic E-state index is 0.147. The first-order valence-corrected chi connectivity index (χ1v) is 5.64. The summed E-state index contributed by atoms with van der Waals surface area (Å²) in [4.78, 5) is 4.34. The van der Waals surface area contributed by atoms with E-state index in [0.717, 1.165) is 24.5 Å². The molecule has 2 rings (SSSR count). The van der Waals surface area contributed by atoms with Crippen LogP contribution >= 0.6 is 0 Å². The van der Waals surface area contributed by atoms with E-state index in [2.05, 4.69) is 10.3 Å². The summed E-state index contributed by atoms with van der Waals surface area (Å²) in [6.45, 7) is 1.74. The van der Waals surface area contributed by atoms with Crippen LogP contribution in [0.3, 0.4) is 0 Å². The average molecular weight is 251 g/mol. The zero-order valence-corrected chi connectivity index (χ0v) is 10.5. The second-order valence-corrected chi connectivity index (χ2v) is 3.77. The number of nitrogens with one attached hydrogen (secondary N) is 1. The molecule has 3 N–H and O–H groups in total. The van der Waals surface area contributed by atoms with Crippen molar-refractivity contribution in [1.29, 1.82) is 0 Å². The van der Waals surface area contributed by atoms with Crippen LogP contribution in [0.4, 0.5) is 5.69 Å². The number of rotatable bonds is 5. The summed E-state index contributed by atoms with van der Waals surface area (Å²) in [6.07, 6.45) is 0. The highest BCUT2D eigenvalue weighted by Crippen LogP contribution is 2.36. The van der Waals surface area contributed by atoms with Crippen molar-refractivity contribution in [3.05, 3.63) is 17.7 Å². The molecule has 0 saturated heterocycles. The zero-order chi connectivity index (χ0) is 13.0. The lowest BCUT2D eigenvalue weighted by Crippen LogP contribution is -2.21. The van der Waals surface area contributed by atoms with E-state index in [1.807, 2.05) is 6.07 Å². The minimum atomic E-state index is 0.147. The molecule has 1 heterocycles. The van der Waals surface area contributed by atoms with Crippen LogP contribution in [0.15, 0.2) is 17.1 Å². The molecule has 6 heteroatoms. The minimum Gasteiger partial charge on any atom is -0.491 e. The number of nitrogens with two attached hydrogens (primary N) is 1. The molecule has 0 bridgehead atoms. The van der Waals surface area contributed by atoms with E-state index in [4.69, 9.17) is 19.9 Å². The lowest BCUT2D eigenvalue weighted by Gasteiger charge is -2.15. The van der Waals surface area contributed by atoms with Crippen LogP contribution in [0, 0.1) is 0 Å². The van der Waals surface area contributed by atoms with Crippen LogP contribution < -0.4 is 20.5 Å². The Morgan fingerprint density at radius 2 is 2.22 bits per heavy atom. The number of methoxy groups -OCH3 is 2. The first kappa shape index (κ1) is 12.5. The third kappa shape index (κ3) is 2.33. The molecule has 1 aromatic rings. The van der Waals surface area contributed by atoms with Crippen molar-refractivity contribution in [3.63, 3.8) is 0 Å². The van der Waals surface area contributed by atoms with Crippen LogP contribution in [0.2, 0.25) is 0 Å². The van der Waals surface area contributed by atoms with Crippen molar-refractivity contribution in [3.8, 4) is 11.5 Å². The normalized spacial score (nSPS) is 14.0. The SMILES string of the molecule is COCOc1ccc(C2=NCCN2)c(N)c1OC. The average Bonchev–Trinajstić information content (AvgIpc) is 2.90. The molecular formula is C12H17N3O3. The van der Waals surface area contributed by atoms with Crippen molar-refractivity contribution in [2.24, 2.45) is 4.99 Å². The molecule has 0 spiro atoms. The predicted molar refractivity (Wildman–Crippen MR) is 69.3 cm³/mol. The van der Waals surface area contributed by atoms with Crippen LogP contribution in [-0.2, 0) is 4.74 Å². The molecule has 18 heavy (non-hydrogen) atoms. The summed E-state index contributed by atoms with van der Waals surface area (Å²) < 4.78 is 15.5. The summed E-state index contributed by atoms with van der Waals surface area (Å²) in [5, 5.41) is 3.18. The van der Waals surface area contributed by atoms with E-state index in [0.29, 0.717) is 17.2 Å². The summed E-state index contributed by atoms with van der Waals surface area (Å²) >= 11 is 0. The first-order chi connectivity index (χ1) is 8.77. The van der Waals surface area contributed by atoms with Crippen molar-refractivity contribution >= 4 is 11.5 Å². The number of amidine groups is 1. The second-order valence-electron chi connectivity index (χ2n) is 3.77. The molecule has 1 aromatic carbocycles. The molecule has 98 valence electrons. The van der Waals surface area contributed by atoms with Gasteiger partial charge in [0.2, 0.25) is 0 Å². The number of hydrogen-bond donors (Lipinski definition) is 2. The predicted octanol–water partition coefficient (Wildman–Crippen LogP) is 0.610. The Hall–Kier alpha value is -1.95. The lowest BCUT2D eigenvalue weighted by molar-refractivity contribution is 0.0492. The van der Waals surface area contributed by atoms with Crippen molar-refractivity contribution in [2.45, 2.75) is 0 Å². The summed E-state index contributed by atoms with van der Waals surface area (Å²) in [5.41, 5.74) is 7.42. The number of nitrogens with zero attached hydrogens (tertiary/aromatic N) is 1. The monoisotopic (exact) mass is 251 g/mol. The number of nitrogen functional groups attached to an aromatic ring is 1. The molecule has 0 atom stereocenters. The lowest BCUT2D eigenvalue weighted by atomic mass is 10.1. The molecule has 0 unspecified atom stereocenters. The van der Waals surface area contributed by atoms with Gasteiger partial charge < -0.3 is 25.3 Å². The largest absolute Gasteiger partial charge is 0.491 e. The van der Waals surface area contributed by atoms with Gasteiger partial charge in [-0.25, -0.2) is 0 Å². The van der Waals surface area contributed by atoms with Crippen LogP contribution in [-0.4, -0.2) is 39.9 Å². The van der Waals surface area contributed by atoms with Gasteiger partial charge in [0.05, 0.1) is 19.3 Å². The molecule has 6 nitrogen and oxygen atoms in total. The van der Waals surface area contributed by atoms with E-state index in [-0.39, 0.29) is 6.79 Å². The van der Waals surface area contributed by atoms with Gasteiger partial charge in [-0.1, -0.05) is 0 Å². The fourth-order valence-electron chi connectivity index (χ4n) is 1.81. The molecule has 0 radical (unpaired) electrons. The maximum absolute atomic E-state index is 6.08. The van der Waals surface area contributed by atoms with Gasteiger partial charge in [0.15, 0.2) is 18.3 Å². The van der Waals surface area contributed by atoms with Crippen LogP contribution in [0.5, 0.6) is 11.5 Å². The molecule has 1 aliphatic heterocycles. The molecule has 0 fully saturated rings. The second kappa shape index (κ2) is 5.59. The van der Waals surface area contributed by atoms with Crippen LogP contribution in [0.1, 0.15) is 5.56 Å². The molecule has 0 aliphatic carbocycles. The fourth-order valence-corrected chi connectivity index (χ4v) is 1.81. The van der Waals surface area contributed by atoms with E-state index in [9.17, 15) is 0 Å². The maximum atomic E-state index is 6.08. The van der Waals surface area contributed by atoms with E-state index < -0.39 is 0 Å². The summed E-state index contributed by atoms with van der Waals surface area (Å²) in [6, 6.07) is 3.66. The maximum Gasteiger partial charge on any atom is 0.188 e. The van der Waals surface area contributed by atoms with Gasteiger partial charge in [-0.05, 0) is 12.1 Å². The third-order valence-corrected chi connectivity index (χ3v) is 2.63. The summed E-state index contributed by atoms with van der Waals surface area (Å²) in [5.74, 6) is 1.85. The third-order valence-electron chi connectivity index (χ3n) is 2.63. The van der Waals surface area contributed by atoms with Gasteiger partial charge >= 0.3 is 0 Å². The Balaban J connectivity index is 2.34. The van der Waals surface area contributed by atoms with Crippen molar-refractivity contribution in [1.82, 2.24) is 5.32 Å². The Morgan fingerprint density at radius 3 is 2.83 bits per heavy atom. The number of ether oxygens (including phenoxy) is 3. The standard InChI is InChI=1S/C12H17N3O3/c1-16-7-18-9-4-3-8(10(13)11(9)17-2)12-14-5-6-15-12/h3-4H,5-7,13H2,1-2H3,(H,14,15).